The molecule has 18 heavy (non-hydrogen) atoms. The van der Waals surface area contributed by atoms with Crippen LogP contribution in [-0.4, -0.2) is 19.2 Å². The molecule has 0 spiro atoms. The van der Waals surface area contributed by atoms with Gasteiger partial charge in [-0.25, -0.2) is 0 Å². The predicted octanol–water partition coefficient (Wildman–Crippen LogP) is 1.94. The Kier molecular flexibility index (Phi) is 4.15. The highest BCUT2D eigenvalue weighted by Crippen LogP contribution is 2.25. The van der Waals surface area contributed by atoms with Crippen LogP contribution in [-0.2, 0) is 4.79 Å². The summed E-state index contributed by atoms with van der Waals surface area (Å²) in [5.74, 6) is -1.94. The normalized spacial score (nSPS) is 12.4. The van der Waals surface area contributed by atoms with Crippen molar-refractivity contribution >= 4 is 5.91 Å². The molecule has 0 bridgehead atoms. The molecule has 0 aliphatic rings. The van der Waals surface area contributed by atoms with Crippen LogP contribution in [0.25, 0.3) is 0 Å². The molecule has 96 valence electrons. The van der Waals surface area contributed by atoms with Crippen LogP contribution in [0.2, 0.25) is 0 Å². The van der Waals surface area contributed by atoms with Crippen LogP contribution < -0.4 is 10.1 Å². The topological polar surface area (TPSA) is 62.1 Å². The highest BCUT2D eigenvalue weighted by molar-refractivity contribution is 5.82. The van der Waals surface area contributed by atoms with Crippen LogP contribution in [0.5, 0.6) is 5.75 Å². The first-order valence-electron chi connectivity index (χ1n) is 4.80. The molecule has 0 aliphatic heterocycles. The van der Waals surface area contributed by atoms with Crippen LogP contribution >= 0.6 is 0 Å². The molecule has 1 atom stereocenters. The zero-order chi connectivity index (χ0) is 13.8. The van der Waals surface area contributed by atoms with Crippen LogP contribution in [0.4, 0.5) is 13.2 Å². The Balaban J connectivity index is 2.98. The quantitative estimate of drug-likeness (QED) is 0.901. The monoisotopic (exact) mass is 258 g/mol. The number of hydrogen-bond acceptors (Lipinski definition) is 3. The molecule has 1 amide bonds. The maximum absolute atomic E-state index is 12.1. The molecule has 1 aromatic carbocycles. The van der Waals surface area contributed by atoms with Crippen molar-refractivity contribution in [1.29, 1.82) is 5.26 Å². The lowest BCUT2D eigenvalue weighted by Gasteiger charge is -2.15. The number of hydrogen-bond donors (Lipinski definition) is 1. The molecule has 1 aromatic rings. The van der Waals surface area contributed by atoms with Gasteiger partial charge in [-0.1, -0.05) is 18.2 Å². The summed E-state index contributed by atoms with van der Waals surface area (Å²) in [6.07, 6.45) is -5.03. The Labute approximate surface area is 101 Å². The van der Waals surface area contributed by atoms with Crippen molar-refractivity contribution in [2.45, 2.75) is 12.2 Å². The number of nitrogens with one attached hydrogen (secondary N) is 1. The molecule has 0 radical (unpaired) electrons. The maximum Gasteiger partial charge on any atom is 0.471 e. The minimum atomic E-state index is -5.03. The average Bonchev–Trinajstić information content (AvgIpc) is 2.34. The second kappa shape index (κ2) is 5.40. The highest BCUT2D eigenvalue weighted by Gasteiger charge is 2.40. The number of benzene rings is 1. The molecular formula is C11H9F3N2O2. The number of ether oxygens (including phenoxy) is 1. The minimum absolute atomic E-state index is 0.167. The van der Waals surface area contributed by atoms with E-state index in [1.165, 1.54) is 25.3 Å². The van der Waals surface area contributed by atoms with Gasteiger partial charge in [0.2, 0.25) is 0 Å². The molecule has 0 fully saturated rings. The molecule has 7 heteroatoms. The second-order valence-electron chi connectivity index (χ2n) is 3.28. The van der Waals surface area contributed by atoms with Crippen molar-refractivity contribution in [2.24, 2.45) is 0 Å². The summed E-state index contributed by atoms with van der Waals surface area (Å²) in [4.78, 5) is 10.8. The van der Waals surface area contributed by atoms with Gasteiger partial charge in [0.05, 0.1) is 13.2 Å². The van der Waals surface area contributed by atoms with Crippen molar-refractivity contribution in [3.8, 4) is 11.8 Å². The third-order valence-electron chi connectivity index (χ3n) is 2.11. The lowest BCUT2D eigenvalue weighted by molar-refractivity contribution is -0.174. The van der Waals surface area contributed by atoms with E-state index in [2.05, 4.69) is 0 Å². The smallest absolute Gasteiger partial charge is 0.471 e. The summed E-state index contributed by atoms with van der Waals surface area (Å²) in [5.41, 5.74) is 0.167. The van der Waals surface area contributed by atoms with Gasteiger partial charge in [0.15, 0.2) is 0 Å². The number of halogens is 3. The number of rotatable bonds is 3. The number of alkyl halides is 3. The fourth-order valence-corrected chi connectivity index (χ4v) is 1.30. The van der Waals surface area contributed by atoms with E-state index in [-0.39, 0.29) is 11.3 Å². The molecule has 0 aromatic heterocycles. The molecule has 1 unspecified atom stereocenters. The Bertz CT molecular complexity index is 480. The molecule has 4 nitrogen and oxygen atoms in total. The van der Waals surface area contributed by atoms with Crippen molar-refractivity contribution in [3.63, 3.8) is 0 Å². The van der Waals surface area contributed by atoms with Gasteiger partial charge in [-0.15, -0.1) is 0 Å². The van der Waals surface area contributed by atoms with Crippen molar-refractivity contribution in [1.82, 2.24) is 5.32 Å². The van der Waals surface area contributed by atoms with E-state index in [0.29, 0.717) is 0 Å². The van der Waals surface area contributed by atoms with Gasteiger partial charge in [0.1, 0.15) is 11.8 Å². The first kappa shape index (κ1) is 13.8. The number of carbonyl (C=O) groups excluding carboxylic acids is 1. The molecule has 0 aliphatic carbocycles. The Morgan fingerprint density at radius 1 is 1.44 bits per heavy atom. The Morgan fingerprint density at radius 3 is 2.56 bits per heavy atom. The molecule has 0 saturated heterocycles. The largest absolute Gasteiger partial charge is 0.496 e. The first-order valence-corrected chi connectivity index (χ1v) is 4.80. The third-order valence-corrected chi connectivity index (χ3v) is 2.11. The molecular weight excluding hydrogens is 249 g/mol. The molecule has 1 rings (SSSR count). The lowest BCUT2D eigenvalue weighted by atomic mass is 10.1. The maximum atomic E-state index is 12.1. The summed E-state index contributed by atoms with van der Waals surface area (Å²) in [5, 5.41) is 10.4. The molecule has 0 saturated carbocycles. The average molecular weight is 258 g/mol. The van der Waals surface area contributed by atoms with E-state index in [0.717, 1.165) is 0 Å². The number of nitriles is 1. The van der Waals surface area contributed by atoms with Crippen molar-refractivity contribution < 1.29 is 22.7 Å². The number of para-hydroxylation sites is 1. The fraction of sp³-hybridized carbons (Fsp3) is 0.273. The number of nitrogens with zero attached hydrogens (tertiary/aromatic N) is 1. The summed E-state index contributed by atoms with van der Waals surface area (Å²) in [7, 11) is 1.32. The summed E-state index contributed by atoms with van der Waals surface area (Å²) >= 11 is 0. The van der Waals surface area contributed by atoms with E-state index < -0.39 is 18.1 Å². The summed E-state index contributed by atoms with van der Waals surface area (Å²) in [6, 6.07) is 6.18. The van der Waals surface area contributed by atoms with Gasteiger partial charge < -0.3 is 10.1 Å². The highest BCUT2D eigenvalue weighted by atomic mass is 19.4. The minimum Gasteiger partial charge on any atom is -0.496 e. The lowest BCUT2D eigenvalue weighted by Crippen LogP contribution is -2.38. The van der Waals surface area contributed by atoms with Gasteiger partial charge >= 0.3 is 12.1 Å². The van der Waals surface area contributed by atoms with Gasteiger partial charge in [-0.05, 0) is 6.07 Å². The van der Waals surface area contributed by atoms with Gasteiger partial charge in [0.25, 0.3) is 0 Å². The predicted molar refractivity (Wildman–Crippen MR) is 55.5 cm³/mol. The zero-order valence-corrected chi connectivity index (χ0v) is 9.28. The first-order chi connectivity index (χ1) is 8.40. The number of amides is 1. The van der Waals surface area contributed by atoms with Crippen LogP contribution in [0.15, 0.2) is 24.3 Å². The fourth-order valence-electron chi connectivity index (χ4n) is 1.30. The van der Waals surface area contributed by atoms with E-state index in [9.17, 15) is 18.0 Å². The van der Waals surface area contributed by atoms with E-state index in [4.69, 9.17) is 10.00 Å². The van der Waals surface area contributed by atoms with E-state index in [1.54, 1.807) is 17.5 Å². The Morgan fingerprint density at radius 2 is 2.06 bits per heavy atom. The van der Waals surface area contributed by atoms with E-state index in [1.807, 2.05) is 0 Å². The van der Waals surface area contributed by atoms with Gasteiger partial charge in [-0.3, -0.25) is 4.79 Å². The van der Waals surface area contributed by atoms with Crippen LogP contribution in [0, 0.1) is 11.3 Å². The van der Waals surface area contributed by atoms with Gasteiger partial charge in [0, 0.05) is 5.56 Å². The third kappa shape index (κ3) is 3.13. The molecule has 0 heterocycles. The van der Waals surface area contributed by atoms with E-state index >= 15 is 0 Å². The summed E-state index contributed by atoms with van der Waals surface area (Å²) in [6.45, 7) is 0. The van der Waals surface area contributed by atoms with Crippen LogP contribution in [0.3, 0.4) is 0 Å². The standard InChI is InChI=1S/C11H9F3N2O2/c1-18-9-5-3-2-4-7(9)8(6-15)16-10(17)11(12,13)14/h2-5,8H,1H3,(H,16,17). The SMILES string of the molecule is COc1ccccc1C(C#N)NC(=O)C(F)(F)F. The van der Waals surface area contributed by atoms with Gasteiger partial charge in [-0.2, -0.15) is 18.4 Å². The van der Waals surface area contributed by atoms with Crippen molar-refractivity contribution in [3.05, 3.63) is 29.8 Å². The number of methoxy groups -OCH3 is 1. The summed E-state index contributed by atoms with van der Waals surface area (Å²) < 4.78 is 41.2. The molecule has 1 N–H and O–H groups in total. The van der Waals surface area contributed by atoms with Crippen molar-refractivity contribution in [2.75, 3.05) is 7.11 Å². The number of carbonyl (C=O) groups is 1. The Hall–Kier alpha value is -2.23. The van der Waals surface area contributed by atoms with Crippen LogP contribution in [0.1, 0.15) is 11.6 Å². The zero-order valence-electron chi connectivity index (χ0n) is 9.28. The second-order valence-corrected chi connectivity index (χ2v) is 3.28.